The van der Waals surface area contributed by atoms with Crippen molar-refractivity contribution in [3.8, 4) is 11.5 Å². The van der Waals surface area contributed by atoms with Gasteiger partial charge in [0.25, 0.3) is 5.60 Å². The minimum atomic E-state index is -1.81. The maximum atomic E-state index is 12.5. The molecule has 1 N–H and O–H groups in total. The van der Waals surface area contributed by atoms with E-state index in [9.17, 15) is 19.5 Å². The summed E-state index contributed by atoms with van der Waals surface area (Å²) in [6.07, 6.45) is -0.240. The molecule has 1 aromatic rings. The van der Waals surface area contributed by atoms with Gasteiger partial charge in [0.05, 0.1) is 13.5 Å². The van der Waals surface area contributed by atoms with E-state index in [1.165, 1.54) is 24.3 Å². The van der Waals surface area contributed by atoms with Crippen LogP contribution in [0.15, 0.2) is 29.8 Å². The molecule has 2 aliphatic rings. The molecule has 0 aliphatic carbocycles. The van der Waals surface area contributed by atoms with E-state index in [1.54, 1.807) is 6.92 Å². The number of hydrogen-bond acceptors (Lipinski definition) is 7. The van der Waals surface area contributed by atoms with Gasteiger partial charge in [-0.05, 0) is 24.6 Å². The van der Waals surface area contributed by atoms with E-state index >= 15 is 0 Å². The average molecular weight is 318 g/mol. The molecule has 0 fully saturated rings. The lowest BCUT2D eigenvalue weighted by atomic mass is 9.82. The van der Waals surface area contributed by atoms with E-state index < -0.39 is 35.8 Å². The fourth-order valence-electron chi connectivity index (χ4n) is 2.95. The topological polar surface area (TPSA) is 99.1 Å². The van der Waals surface area contributed by atoms with Crippen LogP contribution in [0.4, 0.5) is 0 Å². The third-order valence-electron chi connectivity index (χ3n) is 3.95. The van der Waals surface area contributed by atoms with Crippen molar-refractivity contribution in [1.82, 2.24) is 0 Å². The smallest absolute Gasteiger partial charge is 0.355 e. The summed E-state index contributed by atoms with van der Waals surface area (Å²) in [6, 6.07) is 4.30. The first-order chi connectivity index (χ1) is 10.9. The van der Waals surface area contributed by atoms with E-state index in [-0.39, 0.29) is 17.1 Å². The van der Waals surface area contributed by atoms with Gasteiger partial charge < -0.3 is 19.3 Å². The molecule has 0 saturated heterocycles. The first kappa shape index (κ1) is 15.1. The van der Waals surface area contributed by atoms with Gasteiger partial charge in [-0.25, -0.2) is 9.59 Å². The second kappa shape index (κ2) is 5.12. The standard InChI is InChI=1S/C16H14O7/c1-8-6-12(19)22-14(8)16(15(20)21-2)7-10(18)13-9(17)4-3-5-11(13)23-16/h3-6,14,17H,7H2,1-2H3/t14-,16+/m0/s1. The highest BCUT2D eigenvalue weighted by Crippen LogP contribution is 2.43. The number of hydrogen-bond donors (Lipinski definition) is 1. The van der Waals surface area contributed by atoms with Crippen molar-refractivity contribution in [2.45, 2.75) is 25.0 Å². The number of ketones is 1. The Morgan fingerprint density at radius 2 is 2.13 bits per heavy atom. The second-order valence-corrected chi connectivity index (χ2v) is 5.44. The molecule has 2 atom stereocenters. The van der Waals surface area contributed by atoms with Crippen molar-refractivity contribution >= 4 is 17.7 Å². The highest BCUT2D eigenvalue weighted by molar-refractivity contribution is 6.06. The van der Waals surface area contributed by atoms with Crippen LogP contribution in [-0.2, 0) is 19.1 Å². The SMILES string of the molecule is COC(=O)[C@]1([C@H]2OC(=O)C=C2C)CC(=O)c2c(O)cccc2O1. The number of aromatic hydroxyl groups is 1. The molecular formula is C16H14O7. The summed E-state index contributed by atoms with van der Waals surface area (Å²) >= 11 is 0. The van der Waals surface area contributed by atoms with Crippen LogP contribution in [0.2, 0.25) is 0 Å². The van der Waals surface area contributed by atoms with Gasteiger partial charge in [0, 0.05) is 6.08 Å². The summed E-state index contributed by atoms with van der Waals surface area (Å²) in [5, 5.41) is 9.84. The number of phenols is 1. The summed E-state index contributed by atoms with van der Waals surface area (Å²) < 4.78 is 15.7. The van der Waals surface area contributed by atoms with Gasteiger partial charge in [-0.1, -0.05) is 6.07 Å². The fourth-order valence-corrected chi connectivity index (χ4v) is 2.95. The average Bonchev–Trinajstić information content (AvgIpc) is 2.85. The number of esters is 2. The number of methoxy groups -OCH3 is 1. The summed E-state index contributed by atoms with van der Waals surface area (Å²) in [5.74, 6) is -2.13. The fraction of sp³-hybridized carbons (Fsp3) is 0.312. The van der Waals surface area contributed by atoms with E-state index in [4.69, 9.17) is 14.2 Å². The van der Waals surface area contributed by atoms with Crippen molar-refractivity contribution in [2.24, 2.45) is 0 Å². The predicted molar refractivity (Wildman–Crippen MR) is 76.1 cm³/mol. The lowest BCUT2D eigenvalue weighted by molar-refractivity contribution is -0.174. The van der Waals surface area contributed by atoms with Crippen LogP contribution < -0.4 is 4.74 Å². The van der Waals surface area contributed by atoms with E-state index in [1.807, 2.05) is 0 Å². The summed E-state index contributed by atoms with van der Waals surface area (Å²) in [4.78, 5) is 36.4. The van der Waals surface area contributed by atoms with E-state index in [0.29, 0.717) is 5.57 Å². The molecule has 2 aliphatic heterocycles. The number of rotatable bonds is 2. The number of benzene rings is 1. The zero-order valence-electron chi connectivity index (χ0n) is 12.5. The predicted octanol–water partition coefficient (Wildman–Crippen LogP) is 1.14. The Kier molecular flexibility index (Phi) is 3.35. The molecule has 0 unspecified atom stereocenters. The first-order valence-electron chi connectivity index (χ1n) is 6.90. The Balaban J connectivity index is 2.13. The molecule has 0 bridgehead atoms. The van der Waals surface area contributed by atoms with Gasteiger partial charge in [0.1, 0.15) is 17.1 Å². The van der Waals surface area contributed by atoms with Crippen molar-refractivity contribution in [1.29, 1.82) is 0 Å². The van der Waals surface area contributed by atoms with Crippen molar-refractivity contribution in [2.75, 3.05) is 7.11 Å². The van der Waals surface area contributed by atoms with Crippen LogP contribution in [0.25, 0.3) is 0 Å². The monoisotopic (exact) mass is 318 g/mol. The van der Waals surface area contributed by atoms with Crippen LogP contribution in [0.1, 0.15) is 23.7 Å². The first-order valence-corrected chi connectivity index (χ1v) is 6.90. The second-order valence-electron chi connectivity index (χ2n) is 5.44. The Morgan fingerprint density at radius 3 is 2.74 bits per heavy atom. The quantitative estimate of drug-likeness (QED) is 0.816. The Bertz CT molecular complexity index is 749. The van der Waals surface area contributed by atoms with Crippen LogP contribution >= 0.6 is 0 Å². The number of carbonyl (C=O) groups is 3. The minimum absolute atomic E-state index is 0.00187. The van der Waals surface area contributed by atoms with Crippen LogP contribution in [0.5, 0.6) is 11.5 Å². The lowest BCUT2D eigenvalue weighted by Gasteiger charge is -2.38. The molecule has 7 heteroatoms. The maximum Gasteiger partial charge on any atom is 0.355 e. The summed E-state index contributed by atoms with van der Waals surface area (Å²) in [7, 11) is 1.16. The lowest BCUT2D eigenvalue weighted by Crippen LogP contribution is -2.58. The molecule has 1 aromatic carbocycles. The van der Waals surface area contributed by atoms with Crippen LogP contribution in [0, 0.1) is 0 Å². The van der Waals surface area contributed by atoms with Crippen molar-refractivity contribution in [3.63, 3.8) is 0 Å². The third kappa shape index (κ3) is 2.16. The summed E-state index contributed by atoms with van der Waals surface area (Å²) in [6.45, 7) is 1.60. The molecule has 0 radical (unpaired) electrons. The van der Waals surface area contributed by atoms with Gasteiger partial charge >= 0.3 is 11.9 Å². The normalized spacial score (nSPS) is 26.0. The Morgan fingerprint density at radius 1 is 1.39 bits per heavy atom. The highest BCUT2D eigenvalue weighted by Gasteiger charge is 2.58. The van der Waals surface area contributed by atoms with Gasteiger partial charge in [-0.15, -0.1) is 0 Å². The molecule has 0 spiro atoms. The van der Waals surface area contributed by atoms with Crippen LogP contribution in [-0.4, -0.2) is 41.6 Å². The molecule has 0 amide bonds. The van der Waals surface area contributed by atoms with E-state index in [0.717, 1.165) is 7.11 Å². The summed E-state index contributed by atoms with van der Waals surface area (Å²) in [5.41, 5.74) is -1.35. The minimum Gasteiger partial charge on any atom is -0.507 e. The number of Topliss-reactive ketones (excluding diaryl/α,β-unsaturated/α-hetero) is 1. The maximum absolute atomic E-state index is 12.5. The Hall–Kier alpha value is -2.83. The number of phenolic OH excluding ortho intramolecular Hbond substituents is 1. The van der Waals surface area contributed by atoms with Gasteiger partial charge in [-0.3, -0.25) is 4.79 Å². The molecular weight excluding hydrogens is 304 g/mol. The van der Waals surface area contributed by atoms with Crippen molar-refractivity contribution in [3.05, 3.63) is 35.4 Å². The largest absolute Gasteiger partial charge is 0.507 e. The van der Waals surface area contributed by atoms with Gasteiger partial charge in [0.2, 0.25) is 0 Å². The third-order valence-corrected chi connectivity index (χ3v) is 3.95. The molecule has 2 heterocycles. The molecule has 23 heavy (non-hydrogen) atoms. The van der Waals surface area contributed by atoms with E-state index in [2.05, 4.69) is 0 Å². The molecule has 120 valence electrons. The van der Waals surface area contributed by atoms with Gasteiger partial charge in [0.15, 0.2) is 11.9 Å². The zero-order valence-corrected chi connectivity index (χ0v) is 12.5. The zero-order chi connectivity index (χ0) is 16.8. The number of fused-ring (bicyclic) bond motifs is 1. The number of carbonyl (C=O) groups excluding carboxylic acids is 3. The Labute approximate surface area is 131 Å². The molecule has 0 saturated carbocycles. The number of cyclic esters (lactones) is 1. The number of ether oxygens (including phenoxy) is 3. The van der Waals surface area contributed by atoms with Crippen LogP contribution in [0.3, 0.4) is 0 Å². The van der Waals surface area contributed by atoms with Gasteiger partial charge in [-0.2, -0.15) is 0 Å². The molecule has 3 rings (SSSR count). The highest BCUT2D eigenvalue weighted by atomic mass is 16.6. The molecule has 0 aromatic heterocycles. The van der Waals surface area contributed by atoms with Crippen molar-refractivity contribution < 1.29 is 33.7 Å². The molecule has 7 nitrogen and oxygen atoms in total.